The summed E-state index contributed by atoms with van der Waals surface area (Å²) in [6, 6.07) is 0.323. The fraction of sp³-hybridized carbons (Fsp3) is 0.889. The van der Waals surface area contributed by atoms with Gasteiger partial charge in [-0.1, -0.05) is 13.8 Å². The fourth-order valence-corrected chi connectivity index (χ4v) is 1.74. The first-order valence-electron chi connectivity index (χ1n) is 4.12. The molecule has 0 aromatic heterocycles. The van der Waals surface area contributed by atoms with Crippen LogP contribution in [0.25, 0.3) is 4.85 Å². The lowest BCUT2D eigenvalue weighted by Gasteiger charge is -2.25. The molecule has 3 atom stereocenters. The summed E-state index contributed by atoms with van der Waals surface area (Å²) in [4.78, 5) is 3.63. The zero-order chi connectivity index (χ0) is 7.56. The highest BCUT2D eigenvalue weighted by Crippen LogP contribution is 2.31. The molecule has 0 radical (unpaired) electrons. The van der Waals surface area contributed by atoms with Crippen molar-refractivity contribution >= 4 is 0 Å². The molecule has 1 rings (SSSR count). The van der Waals surface area contributed by atoms with Gasteiger partial charge in [-0.05, 0) is 18.8 Å². The summed E-state index contributed by atoms with van der Waals surface area (Å²) >= 11 is 0. The Balaban J connectivity index is 2.53. The summed E-state index contributed by atoms with van der Waals surface area (Å²) in [6.07, 6.45) is 3.72. The topological polar surface area (TPSA) is 4.36 Å². The van der Waals surface area contributed by atoms with E-state index in [4.69, 9.17) is 6.57 Å². The molecule has 1 nitrogen and oxygen atoms in total. The minimum Gasteiger partial charge on any atom is -0.313 e. The van der Waals surface area contributed by atoms with Crippen LogP contribution in [0.1, 0.15) is 33.1 Å². The van der Waals surface area contributed by atoms with E-state index in [1.807, 2.05) is 0 Å². The van der Waals surface area contributed by atoms with Crippen molar-refractivity contribution in [2.45, 2.75) is 39.2 Å². The minimum atomic E-state index is 0.323. The number of hydrogen-bond acceptors (Lipinski definition) is 0. The van der Waals surface area contributed by atoms with Gasteiger partial charge in [0, 0.05) is 12.3 Å². The second-order valence-corrected chi connectivity index (χ2v) is 3.46. The first-order valence-corrected chi connectivity index (χ1v) is 4.12. The largest absolute Gasteiger partial charge is 0.313 e. The molecule has 0 aromatic carbocycles. The molecule has 10 heavy (non-hydrogen) atoms. The Morgan fingerprint density at radius 1 is 1.30 bits per heavy atom. The molecule has 0 aromatic rings. The molecule has 0 aliphatic heterocycles. The molecular formula is C9H15N. The molecular weight excluding hydrogens is 122 g/mol. The Bertz CT molecular complexity index is 145. The lowest BCUT2D eigenvalue weighted by atomic mass is 9.78. The van der Waals surface area contributed by atoms with Crippen LogP contribution in [-0.4, -0.2) is 6.04 Å². The van der Waals surface area contributed by atoms with Gasteiger partial charge in [0.15, 0.2) is 0 Å². The normalized spacial score (nSPS) is 40.7. The molecule has 1 heteroatoms. The van der Waals surface area contributed by atoms with E-state index in [0.29, 0.717) is 12.0 Å². The van der Waals surface area contributed by atoms with E-state index in [2.05, 4.69) is 18.7 Å². The van der Waals surface area contributed by atoms with Crippen LogP contribution >= 0.6 is 0 Å². The van der Waals surface area contributed by atoms with Crippen LogP contribution in [0.15, 0.2) is 0 Å². The highest BCUT2D eigenvalue weighted by atomic mass is 14.7. The van der Waals surface area contributed by atoms with Crippen LogP contribution in [0.2, 0.25) is 0 Å². The predicted octanol–water partition coefficient (Wildman–Crippen LogP) is 2.73. The maximum Gasteiger partial charge on any atom is 0.226 e. The number of hydrogen-bond donors (Lipinski definition) is 0. The minimum absolute atomic E-state index is 0.323. The monoisotopic (exact) mass is 137 g/mol. The molecule has 1 aliphatic rings. The molecule has 0 saturated heterocycles. The van der Waals surface area contributed by atoms with Crippen molar-refractivity contribution in [2.24, 2.45) is 11.8 Å². The molecule has 0 spiro atoms. The maximum absolute atomic E-state index is 6.94. The van der Waals surface area contributed by atoms with Gasteiger partial charge in [0.2, 0.25) is 6.04 Å². The Labute approximate surface area is 63.3 Å². The molecule has 1 saturated carbocycles. The third-order valence-electron chi connectivity index (χ3n) is 2.83. The van der Waals surface area contributed by atoms with E-state index in [-0.39, 0.29) is 0 Å². The maximum atomic E-state index is 6.94. The van der Waals surface area contributed by atoms with Gasteiger partial charge in [0.05, 0.1) is 0 Å². The zero-order valence-electron chi connectivity index (χ0n) is 6.80. The average molecular weight is 137 g/mol. The van der Waals surface area contributed by atoms with E-state index in [9.17, 15) is 0 Å². The van der Waals surface area contributed by atoms with Crippen LogP contribution in [0.3, 0.4) is 0 Å². The van der Waals surface area contributed by atoms with Crippen molar-refractivity contribution in [1.82, 2.24) is 0 Å². The summed E-state index contributed by atoms with van der Waals surface area (Å²) in [6.45, 7) is 11.4. The summed E-state index contributed by atoms with van der Waals surface area (Å²) < 4.78 is 0. The summed E-state index contributed by atoms with van der Waals surface area (Å²) in [5.74, 6) is 1.40. The fourth-order valence-electron chi connectivity index (χ4n) is 1.74. The van der Waals surface area contributed by atoms with Crippen LogP contribution < -0.4 is 0 Å². The van der Waals surface area contributed by atoms with Gasteiger partial charge in [-0.25, -0.2) is 6.57 Å². The second kappa shape index (κ2) is 3.05. The van der Waals surface area contributed by atoms with Gasteiger partial charge in [-0.2, -0.15) is 0 Å². The molecule has 1 fully saturated rings. The van der Waals surface area contributed by atoms with Crippen LogP contribution in [0.5, 0.6) is 0 Å². The lowest BCUT2D eigenvalue weighted by molar-refractivity contribution is 0.263. The second-order valence-electron chi connectivity index (χ2n) is 3.46. The smallest absolute Gasteiger partial charge is 0.226 e. The van der Waals surface area contributed by atoms with Gasteiger partial charge in [-0.15, -0.1) is 0 Å². The third-order valence-corrected chi connectivity index (χ3v) is 2.83. The van der Waals surface area contributed by atoms with Gasteiger partial charge >= 0.3 is 0 Å². The third kappa shape index (κ3) is 1.31. The van der Waals surface area contributed by atoms with Crippen LogP contribution in [-0.2, 0) is 0 Å². The Kier molecular flexibility index (Phi) is 2.32. The Morgan fingerprint density at radius 3 is 2.50 bits per heavy atom. The molecule has 3 unspecified atom stereocenters. The standard InChI is InChI=1S/C9H15N/c1-7-5-4-6-9(10-3)8(7)2/h7-9H,4-6H2,1-2H3. The van der Waals surface area contributed by atoms with Gasteiger partial charge in [0.1, 0.15) is 0 Å². The van der Waals surface area contributed by atoms with Gasteiger partial charge < -0.3 is 4.85 Å². The molecule has 0 bridgehead atoms. The number of rotatable bonds is 0. The Morgan fingerprint density at radius 2 is 2.00 bits per heavy atom. The van der Waals surface area contributed by atoms with Crippen molar-refractivity contribution < 1.29 is 0 Å². The van der Waals surface area contributed by atoms with E-state index >= 15 is 0 Å². The summed E-state index contributed by atoms with van der Waals surface area (Å²) in [5.41, 5.74) is 0. The highest BCUT2D eigenvalue weighted by Gasteiger charge is 2.30. The van der Waals surface area contributed by atoms with Crippen molar-refractivity contribution in [3.63, 3.8) is 0 Å². The van der Waals surface area contributed by atoms with Crippen molar-refractivity contribution in [3.05, 3.63) is 11.4 Å². The molecule has 0 N–H and O–H groups in total. The first kappa shape index (κ1) is 7.60. The van der Waals surface area contributed by atoms with Crippen molar-refractivity contribution in [3.8, 4) is 0 Å². The van der Waals surface area contributed by atoms with Gasteiger partial charge in [0.25, 0.3) is 0 Å². The quantitative estimate of drug-likeness (QED) is 0.452. The highest BCUT2D eigenvalue weighted by molar-refractivity contribution is 4.89. The van der Waals surface area contributed by atoms with E-state index in [0.717, 1.165) is 12.3 Å². The van der Waals surface area contributed by atoms with E-state index < -0.39 is 0 Å². The van der Waals surface area contributed by atoms with Crippen molar-refractivity contribution in [2.75, 3.05) is 0 Å². The Hall–Kier alpha value is -0.510. The van der Waals surface area contributed by atoms with E-state index in [1.165, 1.54) is 12.8 Å². The van der Waals surface area contributed by atoms with Crippen LogP contribution in [0.4, 0.5) is 0 Å². The number of nitrogens with zero attached hydrogens (tertiary/aromatic N) is 1. The lowest BCUT2D eigenvalue weighted by Crippen LogP contribution is -2.25. The molecule has 1 aliphatic carbocycles. The summed E-state index contributed by atoms with van der Waals surface area (Å²) in [5, 5.41) is 0. The SMILES string of the molecule is [C-]#[N+]C1CCCC(C)C1C. The predicted molar refractivity (Wildman–Crippen MR) is 42.6 cm³/mol. The summed E-state index contributed by atoms with van der Waals surface area (Å²) in [7, 11) is 0. The van der Waals surface area contributed by atoms with Crippen LogP contribution in [0, 0.1) is 18.4 Å². The molecule has 56 valence electrons. The van der Waals surface area contributed by atoms with Crippen molar-refractivity contribution in [1.29, 1.82) is 0 Å². The molecule has 0 amide bonds. The average Bonchev–Trinajstić information content (AvgIpc) is 1.95. The van der Waals surface area contributed by atoms with E-state index in [1.54, 1.807) is 0 Å². The molecule has 0 heterocycles. The zero-order valence-corrected chi connectivity index (χ0v) is 6.80. The first-order chi connectivity index (χ1) is 4.75. The van der Waals surface area contributed by atoms with Gasteiger partial charge in [-0.3, -0.25) is 0 Å².